The fraction of sp³-hybridized carbons (Fsp3) is 0.118. The summed E-state index contributed by atoms with van der Waals surface area (Å²) in [6.45, 7) is 2.06. The molecule has 0 fully saturated rings. The Kier molecular flexibility index (Phi) is 5.85. The summed E-state index contributed by atoms with van der Waals surface area (Å²) in [5, 5.41) is 5.42. The average Bonchev–Trinajstić information content (AvgIpc) is 2.52. The summed E-state index contributed by atoms with van der Waals surface area (Å²) < 4.78 is 0. The third-order valence-corrected chi connectivity index (χ3v) is 3.62. The van der Waals surface area contributed by atoms with E-state index in [1.807, 2.05) is 36.4 Å². The highest BCUT2D eigenvalue weighted by Gasteiger charge is 1.98. The van der Waals surface area contributed by atoms with E-state index >= 15 is 0 Å². The van der Waals surface area contributed by atoms with Crippen LogP contribution in [0, 0.1) is 0 Å². The molecule has 0 saturated carbocycles. The molecule has 1 N–H and O–H groups in total. The minimum Gasteiger partial charge on any atom is -0.278 e. The average molecular weight is 319 g/mol. The maximum atomic E-state index is 5.97. The summed E-state index contributed by atoms with van der Waals surface area (Å²) >= 11 is 11.9. The van der Waals surface area contributed by atoms with Crippen molar-refractivity contribution >= 4 is 40.7 Å². The molecule has 0 amide bonds. The molecule has 0 bridgehead atoms. The van der Waals surface area contributed by atoms with Crippen LogP contribution in [-0.4, -0.2) is 5.71 Å². The quantitative estimate of drug-likeness (QED) is 0.540. The van der Waals surface area contributed by atoms with Crippen molar-refractivity contribution in [2.24, 2.45) is 5.10 Å². The van der Waals surface area contributed by atoms with Gasteiger partial charge in [0.25, 0.3) is 0 Å². The van der Waals surface area contributed by atoms with Gasteiger partial charge in [-0.15, -0.1) is 0 Å². The predicted molar refractivity (Wildman–Crippen MR) is 93.3 cm³/mol. The van der Waals surface area contributed by atoms with E-state index < -0.39 is 0 Å². The molecule has 0 heterocycles. The minimum atomic E-state index is 0.509. The lowest BCUT2D eigenvalue weighted by atomic mass is 10.2. The lowest BCUT2D eigenvalue weighted by Gasteiger charge is -2.04. The van der Waals surface area contributed by atoms with Gasteiger partial charge in [-0.2, -0.15) is 5.10 Å². The zero-order valence-corrected chi connectivity index (χ0v) is 13.2. The summed E-state index contributed by atoms with van der Waals surface area (Å²) in [5.41, 5.74) is 5.90. The Morgan fingerprint density at radius 2 is 1.86 bits per heavy atom. The fourth-order valence-electron chi connectivity index (χ4n) is 1.69. The second-order valence-corrected chi connectivity index (χ2v) is 5.26. The molecule has 2 aromatic carbocycles. The molecule has 0 aliphatic heterocycles. The maximum Gasteiger partial charge on any atom is 0.0613 e. The third-order valence-electron chi connectivity index (χ3n) is 2.88. The second-order valence-electron chi connectivity index (χ2n) is 4.44. The number of benzene rings is 2. The third kappa shape index (κ3) is 4.92. The Morgan fingerprint density at radius 3 is 2.52 bits per heavy atom. The van der Waals surface area contributed by atoms with Gasteiger partial charge in [0.05, 0.1) is 21.4 Å². The molecule has 0 aliphatic carbocycles. The Labute approximate surface area is 135 Å². The first-order chi connectivity index (χ1) is 10.2. The molecule has 108 valence electrons. The van der Waals surface area contributed by atoms with Crippen LogP contribution in [0.5, 0.6) is 0 Å². The van der Waals surface area contributed by atoms with Gasteiger partial charge >= 0.3 is 0 Å². The van der Waals surface area contributed by atoms with Crippen LogP contribution < -0.4 is 5.43 Å². The van der Waals surface area contributed by atoms with E-state index in [0.29, 0.717) is 10.0 Å². The molecular weight excluding hydrogens is 303 g/mol. The molecule has 2 rings (SSSR count). The standard InChI is InChI=1S/C17H16Cl2N2/c1-2-14(9-8-13-6-4-3-5-7-13)20-21-15-10-11-16(18)17(19)12-15/h3-12,21H,2H2,1H3. The zero-order valence-electron chi connectivity index (χ0n) is 11.7. The van der Waals surface area contributed by atoms with E-state index in [4.69, 9.17) is 23.2 Å². The number of halogens is 2. The topological polar surface area (TPSA) is 24.4 Å². The maximum absolute atomic E-state index is 5.97. The van der Waals surface area contributed by atoms with Gasteiger partial charge in [-0.3, -0.25) is 5.43 Å². The lowest BCUT2D eigenvalue weighted by molar-refractivity contribution is 1.23. The molecule has 0 unspecified atom stereocenters. The SMILES string of the molecule is CCC(C=Cc1ccccc1)=NNc1ccc(Cl)c(Cl)c1. The molecular formula is C17H16Cl2N2. The number of anilines is 1. The largest absolute Gasteiger partial charge is 0.278 e. The van der Waals surface area contributed by atoms with Crippen molar-refractivity contribution in [1.29, 1.82) is 0 Å². The van der Waals surface area contributed by atoms with Crippen LogP contribution in [0.15, 0.2) is 59.7 Å². The Hall–Kier alpha value is -1.77. The van der Waals surface area contributed by atoms with Crippen molar-refractivity contribution in [2.75, 3.05) is 5.43 Å². The van der Waals surface area contributed by atoms with E-state index in [-0.39, 0.29) is 0 Å². The number of rotatable bonds is 5. The van der Waals surface area contributed by atoms with Crippen molar-refractivity contribution in [1.82, 2.24) is 0 Å². The van der Waals surface area contributed by atoms with Crippen LogP contribution >= 0.6 is 23.2 Å². The molecule has 0 aromatic heterocycles. The molecule has 0 aliphatic rings. The van der Waals surface area contributed by atoms with Gasteiger partial charge in [-0.05, 0) is 36.3 Å². The molecule has 2 aromatic rings. The van der Waals surface area contributed by atoms with Crippen molar-refractivity contribution in [3.8, 4) is 0 Å². The smallest absolute Gasteiger partial charge is 0.0613 e. The number of nitrogens with zero attached hydrogens (tertiary/aromatic N) is 1. The van der Waals surface area contributed by atoms with E-state index in [0.717, 1.165) is 23.4 Å². The fourth-order valence-corrected chi connectivity index (χ4v) is 1.99. The summed E-state index contributed by atoms with van der Waals surface area (Å²) in [6, 6.07) is 15.5. The van der Waals surface area contributed by atoms with Crippen LogP contribution in [0.1, 0.15) is 18.9 Å². The van der Waals surface area contributed by atoms with Gasteiger partial charge in [-0.1, -0.05) is 66.5 Å². The summed E-state index contributed by atoms with van der Waals surface area (Å²) in [6.07, 6.45) is 4.87. The molecule has 0 radical (unpaired) electrons. The first-order valence-corrected chi connectivity index (χ1v) is 7.45. The van der Waals surface area contributed by atoms with Crippen molar-refractivity contribution < 1.29 is 0 Å². The molecule has 21 heavy (non-hydrogen) atoms. The van der Waals surface area contributed by atoms with E-state index in [1.54, 1.807) is 12.1 Å². The minimum absolute atomic E-state index is 0.509. The first kappa shape index (κ1) is 15.6. The molecule has 4 heteroatoms. The summed E-state index contributed by atoms with van der Waals surface area (Å²) in [7, 11) is 0. The molecule has 2 nitrogen and oxygen atoms in total. The van der Waals surface area contributed by atoms with Gasteiger partial charge in [-0.25, -0.2) is 0 Å². The highest BCUT2D eigenvalue weighted by molar-refractivity contribution is 6.42. The number of hydrazone groups is 1. The van der Waals surface area contributed by atoms with Crippen LogP contribution in [-0.2, 0) is 0 Å². The van der Waals surface area contributed by atoms with Gasteiger partial charge in [0.1, 0.15) is 0 Å². The molecule has 0 spiro atoms. The van der Waals surface area contributed by atoms with Crippen molar-refractivity contribution in [3.63, 3.8) is 0 Å². The van der Waals surface area contributed by atoms with Crippen molar-refractivity contribution in [3.05, 3.63) is 70.2 Å². The van der Waals surface area contributed by atoms with Crippen LogP contribution in [0.3, 0.4) is 0 Å². The monoisotopic (exact) mass is 318 g/mol. The lowest BCUT2D eigenvalue weighted by Crippen LogP contribution is -1.97. The Bertz CT molecular complexity index is 649. The number of nitrogens with one attached hydrogen (secondary N) is 1. The molecule has 0 saturated heterocycles. The Balaban J connectivity index is 2.06. The van der Waals surface area contributed by atoms with E-state index in [9.17, 15) is 0 Å². The predicted octanol–water partition coefficient (Wildman–Crippen LogP) is 5.88. The highest BCUT2D eigenvalue weighted by atomic mass is 35.5. The van der Waals surface area contributed by atoms with Crippen LogP contribution in [0.4, 0.5) is 5.69 Å². The first-order valence-electron chi connectivity index (χ1n) is 6.70. The van der Waals surface area contributed by atoms with Gasteiger partial charge in [0.2, 0.25) is 0 Å². The van der Waals surface area contributed by atoms with Crippen molar-refractivity contribution in [2.45, 2.75) is 13.3 Å². The van der Waals surface area contributed by atoms with Gasteiger partial charge in [0, 0.05) is 0 Å². The number of allylic oxidation sites excluding steroid dienone is 1. The zero-order chi connectivity index (χ0) is 15.1. The summed E-state index contributed by atoms with van der Waals surface area (Å²) in [5.74, 6) is 0. The highest BCUT2D eigenvalue weighted by Crippen LogP contribution is 2.24. The van der Waals surface area contributed by atoms with Gasteiger partial charge < -0.3 is 0 Å². The van der Waals surface area contributed by atoms with Crippen LogP contribution in [0.25, 0.3) is 6.08 Å². The number of hydrogen-bond donors (Lipinski definition) is 1. The van der Waals surface area contributed by atoms with E-state index in [2.05, 4.69) is 29.6 Å². The van der Waals surface area contributed by atoms with Gasteiger partial charge in [0.15, 0.2) is 0 Å². The second kappa shape index (κ2) is 7.87. The Morgan fingerprint density at radius 1 is 1.10 bits per heavy atom. The summed E-state index contributed by atoms with van der Waals surface area (Å²) in [4.78, 5) is 0. The normalized spacial score (nSPS) is 11.9. The number of hydrogen-bond acceptors (Lipinski definition) is 2. The van der Waals surface area contributed by atoms with Crippen LogP contribution in [0.2, 0.25) is 10.0 Å². The molecule has 0 atom stereocenters. The van der Waals surface area contributed by atoms with E-state index in [1.165, 1.54) is 0 Å².